The van der Waals surface area contributed by atoms with Crippen LogP contribution in [-0.2, 0) is 9.59 Å². The second-order valence-corrected chi connectivity index (χ2v) is 8.47. The number of amides is 4. The Balaban J connectivity index is 1.66. The highest BCUT2D eigenvalue weighted by molar-refractivity contribution is 6.11. The first kappa shape index (κ1) is 21.0. The molecule has 156 valence electrons. The van der Waals surface area contributed by atoms with E-state index >= 15 is 0 Å². The lowest BCUT2D eigenvalue weighted by molar-refractivity contribution is -0.134. The lowest BCUT2D eigenvalue weighted by atomic mass is 9.80. The summed E-state index contributed by atoms with van der Waals surface area (Å²) in [4.78, 5) is 52.8. The molecule has 4 amide bonds. The third kappa shape index (κ3) is 4.18. The second-order valence-electron chi connectivity index (χ2n) is 8.47. The van der Waals surface area contributed by atoms with Crippen molar-refractivity contribution >= 4 is 29.3 Å². The van der Waals surface area contributed by atoms with Crippen LogP contribution in [0.4, 0.5) is 10.5 Å². The fraction of sp³-hybridized carbons (Fsp3) is 0.545. The standard InChI is InChI=1S/C22H29N3O4/c1-15(2)13-19(27)23-17-9-7-16(8-10-17)18(26)14-25-20(28)22(24(3)21(25)29)11-5-4-6-12-22/h7-10,15H,4-6,11-14H2,1-3H3,(H,23,27). The van der Waals surface area contributed by atoms with Crippen LogP contribution in [0.1, 0.15) is 62.7 Å². The Kier molecular flexibility index (Phi) is 6.05. The van der Waals surface area contributed by atoms with E-state index in [2.05, 4.69) is 5.32 Å². The Morgan fingerprint density at radius 3 is 2.28 bits per heavy atom. The number of ketones is 1. The molecule has 0 radical (unpaired) electrons. The molecule has 1 heterocycles. The summed E-state index contributed by atoms with van der Waals surface area (Å²) in [5.74, 6) is -0.367. The van der Waals surface area contributed by atoms with Gasteiger partial charge in [0, 0.05) is 24.7 Å². The van der Waals surface area contributed by atoms with Crippen LogP contribution in [0.5, 0.6) is 0 Å². The predicted molar refractivity (Wildman–Crippen MR) is 110 cm³/mol. The summed E-state index contributed by atoms with van der Waals surface area (Å²) in [6, 6.07) is 6.14. The highest BCUT2D eigenvalue weighted by Crippen LogP contribution is 2.39. The molecule has 1 N–H and O–H groups in total. The maximum absolute atomic E-state index is 13.0. The van der Waals surface area contributed by atoms with Crippen LogP contribution in [0.2, 0.25) is 0 Å². The zero-order chi connectivity index (χ0) is 21.2. The summed E-state index contributed by atoms with van der Waals surface area (Å²) in [5, 5.41) is 2.80. The molecule has 1 saturated carbocycles. The van der Waals surface area contributed by atoms with Crippen molar-refractivity contribution in [3.63, 3.8) is 0 Å². The number of benzene rings is 1. The van der Waals surface area contributed by atoms with Crippen molar-refractivity contribution in [2.24, 2.45) is 5.92 Å². The van der Waals surface area contributed by atoms with Gasteiger partial charge in [0.25, 0.3) is 5.91 Å². The number of imide groups is 1. The van der Waals surface area contributed by atoms with Gasteiger partial charge >= 0.3 is 6.03 Å². The van der Waals surface area contributed by atoms with Crippen LogP contribution in [0, 0.1) is 5.92 Å². The van der Waals surface area contributed by atoms with Crippen LogP contribution >= 0.6 is 0 Å². The lowest BCUT2D eigenvalue weighted by Crippen LogP contribution is -2.49. The summed E-state index contributed by atoms with van der Waals surface area (Å²) >= 11 is 0. The molecule has 1 aliphatic carbocycles. The van der Waals surface area contributed by atoms with Gasteiger partial charge in [-0.15, -0.1) is 0 Å². The molecule has 0 aromatic heterocycles. The Labute approximate surface area is 171 Å². The first-order chi connectivity index (χ1) is 13.7. The van der Waals surface area contributed by atoms with E-state index in [-0.39, 0.29) is 30.1 Å². The zero-order valence-electron chi connectivity index (χ0n) is 17.4. The molecule has 1 aromatic carbocycles. The average Bonchev–Trinajstić information content (AvgIpc) is 2.85. The number of carbonyl (C=O) groups excluding carboxylic acids is 4. The normalized spacial score (nSPS) is 18.6. The zero-order valence-corrected chi connectivity index (χ0v) is 17.4. The van der Waals surface area contributed by atoms with E-state index in [1.807, 2.05) is 13.8 Å². The molecule has 0 bridgehead atoms. The van der Waals surface area contributed by atoms with E-state index in [0.29, 0.717) is 30.5 Å². The van der Waals surface area contributed by atoms with Crippen LogP contribution in [-0.4, -0.2) is 52.6 Å². The molecule has 7 heteroatoms. The number of nitrogens with one attached hydrogen (secondary N) is 1. The molecule has 1 spiro atoms. The van der Waals surface area contributed by atoms with Crippen LogP contribution in [0.3, 0.4) is 0 Å². The number of anilines is 1. The van der Waals surface area contributed by atoms with Gasteiger partial charge in [-0.25, -0.2) is 4.79 Å². The lowest BCUT2D eigenvalue weighted by Gasteiger charge is -2.35. The Morgan fingerprint density at radius 1 is 1.07 bits per heavy atom. The number of Topliss-reactive ketones (excluding diaryl/α,β-unsaturated/α-hetero) is 1. The van der Waals surface area contributed by atoms with E-state index in [1.165, 1.54) is 4.90 Å². The molecule has 1 aliphatic heterocycles. The first-order valence-electron chi connectivity index (χ1n) is 10.3. The molecule has 1 saturated heterocycles. The third-order valence-corrected chi connectivity index (χ3v) is 5.87. The van der Waals surface area contributed by atoms with Gasteiger partial charge in [0.15, 0.2) is 5.78 Å². The van der Waals surface area contributed by atoms with Crippen molar-refractivity contribution in [3.8, 4) is 0 Å². The van der Waals surface area contributed by atoms with Gasteiger partial charge in [0.2, 0.25) is 5.91 Å². The minimum Gasteiger partial charge on any atom is -0.326 e. The van der Waals surface area contributed by atoms with Gasteiger partial charge in [-0.2, -0.15) is 0 Å². The highest BCUT2D eigenvalue weighted by Gasteiger charge is 2.55. The summed E-state index contributed by atoms with van der Waals surface area (Å²) in [5.41, 5.74) is 0.237. The molecule has 2 aliphatic rings. The summed E-state index contributed by atoms with van der Waals surface area (Å²) in [7, 11) is 1.66. The topological polar surface area (TPSA) is 86.8 Å². The first-order valence-corrected chi connectivity index (χ1v) is 10.3. The number of nitrogens with zero attached hydrogens (tertiary/aromatic N) is 2. The van der Waals surface area contributed by atoms with E-state index in [4.69, 9.17) is 0 Å². The van der Waals surface area contributed by atoms with E-state index in [9.17, 15) is 19.2 Å². The molecule has 2 fully saturated rings. The van der Waals surface area contributed by atoms with Gasteiger partial charge in [0.1, 0.15) is 5.54 Å². The third-order valence-electron chi connectivity index (χ3n) is 5.87. The number of hydrogen-bond acceptors (Lipinski definition) is 4. The van der Waals surface area contributed by atoms with Crippen molar-refractivity contribution in [1.29, 1.82) is 0 Å². The summed E-state index contributed by atoms with van der Waals surface area (Å²) < 4.78 is 0. The molecule has 3 rings (SSSR count). The average molecular weight is 399 g/mol. The van der Waals surface area contributed by atoms with Crippen molar-refractivity contribution in [3.05, 3.63) is 29.8 Å². The van der Waals surface area contributed by atoms with Crippen molar-refractivity contribution in [2.75, 3.05) is 18.9 Å². The molecule has 0 unspecified atom stereocenters. The number of hydrogen-bond donors (Lipinski definition) is 1. The summed E-state index contributed by atoms with van der Waals surface area (Å²) in [6.45, 7) is 3.68. The summed E-state index contributed by atoms with van der Waals surface area (Å²) in [6.07, 6.45) is 4.63. The molecule has 0 atom stereocenters. The molecule has 29 heavy (non-hydrogen) atoms. The Morgan fingerprint density at radius 2 is 1.69 bits per heavy atom. The second kappa shape index (κ2) is 8.35. The van der Waals surface area contributed by atoms with Gasteiger partial charge in [0.05, 0.1) is 6.54 Å². The fourth-order valence-electron chi connectivity index (χ4n) is 4.23. The van der Waals surface area contributed by atoms with E-state index in [0.717, 1.165) is 24.2 Å². The van der Waals surface area contributed by atoms with Crippen LogP contribution in [0.25, 0.3) is 0 Å². The van der Waals surface area contributed by atoms with Gasteiger partial charge in [-0.3, -0.25) is 19.3 Å². The van der Waals surface area contributed by atoms with Crippen LogP contribution in [0.15, 0.2) is 24.3 Å². The fourth-order valence-corrected chi connectivity index (χ4v) is 4.23. The number of urea groups is 1. The minimum absolute atomic E-state index is 0.0758. The largest absolute Gasteiger partial charge is 0.327 e. The number of likely N-dealkylation sites (N-methyl/N-ethyl adjacent to an activating group) is 1. The van der Waals surface area contributed by atoms with Gasteiger partial charge in [-0.05, 0) is 43.0 Å². The maximum Gasteiger partial charge on any atom is 0.327 e. The monoisotopic (exact) mass is 399 g/mol. The number of rotatable bonds is 6. The maximum atomic E-state index is 13.0. The highest BCUT2D eigenvalue weighted by atomic mass is 16.2. The molecular weight excluding hydrogens is 370 g/mol. The quantitative estimate of drug-likeness (QED) is 0.586. The van der Waals surface area contributed by atoms with Gasteiger partial charge < -0.3 is 10.2 Å². The van der Waals surface area contributed by atoms with Crippen molar-refractivity contribution in [2.45, 2.75) is 57.9 Å². The van der Waals surface area contributed by atoms with Gasteiger partial charge in [-0.1, -0.05) is 33.1 Å². The Hall–Kier alpha value is -2.70. The van der Waals surface area contributed by atoms with E-state index < -0.39 is 11.6 Å². The Bertz CT molecular complexity index is 810. The number of carbonyl (C=O) groups is 4. The van der Waals surface area contributed by atoms with Crippen LogP contribution < -0.4 is 5.32 Å². The minimum atomic E-state index is -0.778. The SMILES string of the molecule is CC(C)CC(=O)Nc1ccc(C(=O)CN2C(=O)N(C)C3(CCCCC3)C2=O)cc1. The predicted octanol–water partition coefficient (Wildman–Crippen LogP) is 3.45. The molecular formula is C22H29N3O4. The van der Waals surface area contributed by atoms with Crippen molar-refractivity contribution in [1.82, 2.24) is 9.80 Å². The smallest absolute Gasteiger partial charge is 0.326 e. The van der Waals surface area contributed by atoms with E-state index in [1.54, 1.807) is 31.3 Å². The molecule has 7 nitrogen and oxygen atoms in total. The van der Waals surface area contributed by atoms with Crippen molar-refractivity contribution < 1.29 is 19.2 Å². The molecule has 1 aromatic rings.